The molecular formula is C10H16O4. The highest BCUT2D eigenvalue weighted by atomic mass is 16.4. The van der Waals surface area contributed by atoms with Gasteiger partial charge < -0.3 is 10.2 Å². The van der Waals surface area contributed by atoms with Crippen LogP contribution < -0.4 is 0 Å². The second-order valence-corrected chi connectivity index (χ2v) is 3.07. The van der Waals surface area contributed by atoms with E-state index in [1.54, 1.807) is 0 Å². The van der Waals surface area contributed by atoms with E-state index in [9.17, 15) is 9.59 Å². The molecular weight excluding hydrogens is 184 g/mol. The molecule has 80 valence electrons. The van der Waals surface area contributed by atoms with Gasteiger partial charge in [0.15, 0.2) is 5.92 Å². The van der Waals surface area contributed by atoms with Gasteiger partial charge in [-0.3, -0.25) is 9.59 Å². The maximum Gasteiger partial charge on any atom is 0.317 e. The van der Waals surface area contributed by atoms with Crippen LogP contribution in [0.3, 0.4) is 0 Å². The second-order valence-electron chi connectivity index (χ2n) is 3.07. The maximum atomic E-state index is 10.5. The number of hydrogen-bond donors (Lipinski definition) is 2. The molecule has 0 radical (unpaired) electrons. The molecule has 0 atom stereocenters. The van der Waals surface area contributed by atoms with Gasteiger partial charge in [-0.05, 0) is 19.3 Å². The van der Waals surface area contributed by atoms with Gasteiger partial charge in [0.25, 0.3) is 0 Å². The highest BCUT2D eigenvalue weighted by molar-refractivity contribution is 5.92. The smallest absolute Gasteiger partial charge is 0.317 e. The third kappa shape index (κ3) is 5.35. The summed E-state index contributed by atoms with van der Waals surface area (Å²) in [5, 5.41) is 17.1. The van der Waals surface area contributed by atoms with Crippen molar-refractivity contribution in [2.45, 2.75) is 32.6 Å². The van der Waals surface area contributed by atoms with Crippen molar-refractivity contribution in [3.05, 3.63) is 12.2 Å². The molecule has 0 aliphatic heterocycles. The van der Waals surface area contributed by atoms with Crippen molar-refractivity contribution in [1.82, 2.24) is 0 Å². The fraction of sp³-hybridized carbons (Fsp3) is 0.600. The van der Waals surface area contributed by atoms with E-state index < -0.39 is 17.9 Å². The first kappa shape index (κ1) is 12.7. The van der Waals surface area contributed by atoms with Gasteiger partial charge in [0, 0.05) is 0 Å². The summed E-state index contributed by atoms with van der Waals surface area (Å²) < 4.78 is 0. The van der Waals surface area contributed by atoms with Crippen molar-refractivity contribution in [2.24, 2.45) is 5.92 Å². The summed E-state index contributed by atoms with van der Waals surface area (Å²) in [4.78, 5) is 20.9. The first-order valence-corrected chi connectivity index (χ1v) is 4.70. The Morgan fingerprint density at radius 3 is 2.07 bits per heavy atom. The summed E-state index contributed by atoms with van der Waals surface area (Å²) in [5.41, 5.74) is 0. The van der Waals surface area contributed by atoms with Gasteiger partial charge in [0.2, 0.25) is 0 Å². The molecule has 0 aromatic heterocycles. The van der Waals surface area contributed by atoms with Crippen molar-refractivity contribution in [3.8, 4) is 0 Å². The zero-order chi connectivity index (χ0) is 11.0. The SMILES string of the molecule is CCCC=CCCC(C(=O)O)C(=O)O. The molecule has 0 amide bonds. The molecule has 2 N–H and O–H groups in total. The van der Waals surface area contributed by atoms with E-state index in [1.165, 1.54) is 0 Å². The number of unbranched alkanes of at least 4 members (excludes halogenated alkanes) is 1. The molecule has 0 aliphatic carbocycles. The summed E-state index contributed by atoms with van der Waals surface area (Å²) in [6.45, 7) is 2.04. The normalized spacial score (nSPS) is 11.0. The van der Waals surface area contributed by atoms with Crippen LogP contribution in [-0.4, -0.2) is 22.2 Å². The van der Waals surface area contributed by atoms with Gasteiger partial charge in [-0.1, -0.05) is 25.5 Å². The van der Waals surface area contributed by atoms with Gasteiger partial charge in [-0.15, -0.1) is 0 Å². The second kappa shape index (κ2) is 7.12. The Kier molecular flexibility index (Phi) is 6.45. The van der Waals surface area contributed by atoms with Crippen molar-refractivity contribution >= 4 is 11.9 Å². The van der Waals surface area contributed by atoms with Crippen molar-refractivity contribution in [2.75, 3.05) is 0 Å². The largest absolute Gasteiger partial charge is 0.481 e. The van der Waals surface area contributed by atoms with Crippen LogP contribution in [0.4, 0.5) is 0 Å². The third-order valence-electron chi connectivity index (χ3n) is 1.84. The average Bonchev–Trinajstić information content (AvgIpc) is 2.09. The lowest BCUT2D eigenvalue weighted by molar-refractivity contribution is -0.154. The number of carboxylic acid groups (broad SMARTS) is 2. The molecule has 4 heteroatoms. The summed E-state index contributed by atoms with van der Waals surface area (Å²) in [6, 6.07) is 0. The van der Waals surface area contributed by atoms with Crippen molar-refractivity contribution in [1.29, 1.82) is 0 Å². The van der Waals surface area contributed by atoms with Gasteiger partial charge in [0.1, 0.15) is 0 Å². The summed E-state index contributed by atoms with van der Waals surface area (Å²) >= 11 is 0. The number of aliphatic carboxylic acids is 2. The molecule has 4 nitrogen and oxygen atoms in total. The fourth-order valence-corrected chi connectivity index (χ4v) is 1.02. The average molecular weight is 200 g/mol. The van der Waals surface area contributed by atoms with E-state index in [-0.39, 0.29) is 6.42 Å². The molecule has 0 heterocycles. The number of allylic oxidation sites excluding steroid dienone is 2. The van der Waals surface area contributed by atoms with E-state index in [2.05, 4.69) is 0 Å². The zero-order valence-electron chi connectivity index (χ0n) is 8.27. The van der Waals surface area contributed by atoms with Crippen LogP contribution in [0, 0.1) is 5.92 Å². The van der Waals surface area contributed by atoms with Crippen LogP contribution in [0.1, 0.15) is 32.6 Å². The first-order valence-electron chi connectivity index (χ1n) is 4.70. The number of carboxylic acids is 2. The Morgan fingerprint density at radius 2 is 1.64 bits per heavy atom. The molecule has 0 aliphatic rings. The molecule has 0 rings (SSSR count). The van der Waals surface area contributed by atoms with Crippen LogP contribution in [0.25, 0.3) is 0 Å². The van der Waals surface area contributed by atoms with Gasteiger partial charge in [-0.2, -0.15) is 0 Å². The minimum Gasteiger partial charge on any atom is -0.481 e. The van der Waals surface area contributed by atoms with Gasteiger partial charge in [0.05, 0.1) is 0 Å². The Bertz CT molecular complexity index is 206. The summed E-state index contributed by atoms with van der Waals surface area (Å²) in [5.74, 6) is -3.80. The van der Waals surface area contributed by atoms with Crippen molar-refractivity contribution in [3.63, 3.8) is 0 Å². The van der Waals surface area contributed by atoms with Crippen LogP contribution >= 0.6 is 0 Å². The molecule has 0 saturated carbocycles. The standard InChI is InChI=1S/C10H16O4/c1-2-3-4-5-6-7-8(9(11)12)10(13)14/h4-5,8H,2-3,6-7H2,1H3,(H,11,12)(H,13,14). The number of hydrogen-bond acceptors (Lipinski definition) is 2. The lowest BCUT2D eigenvalue weighted by atomic mass is 10.0. The third-order valence-corrected chi connectivity index (χ3v) is 1.84. The molecule has 0 fully saturated rings. The molecule has 0 spiro atoms. The van der Waals surface area contributed by atoms with E-state index in [0.717, 1.165) is 12.8 Å². The van der Waals surface area contributed by atoms with Gasteiger partial charge in [-0.25, -0.2) is 0 Å². The van der Waals surface area contributed by atoms with E-state index >= 15 is 0 Å². The van der Waals surface area contributed by atoms with E-state index in [4.69, 9.17) is 10.2 Å². The summed E-state index contributed by atoms with van der Waals surface area (Å²) in [6.07, 6.45) is 6.43. The highest BCUT2D eigenvalue weighted by Crippen LogP contribution is 2.08. The lowest BCUT2D eigenvalue weighted by Gasteiger charge is -2.03. The Labute approximate surface area is 83.2 Å². The van der Waals surface area contributed by atoms with E-state index in [0.29, 0.717) is 6.42 Å². The quantitative estimate of drug-likeness (QED) is 0.486. The first-order chi connectivity index (χ1) is 6.59. The Balaban J connectivity index is 3.84. The molecule has 0 unspecified atom stereocenters. The molecule has 0 saturated heterocycles. The molecule has 0 aromatic carbocycles. The predicted octanol–water partition coefficient (Wildman–Crippen LogP) is 1.91. The molecule has 14 heavy (non-hydrogen) atoms. The van der Waals surface area contributed by atoms with Crippen LogP contribution in [0.15, 0.2) is 12.2 Å². The summed E-state index contributed by atoms with van der Waals surface area (Å²) in [7, 11) is 0. The minimum absolute atomic E-state index is 0.158. The van der Waals surface area contributed by atoms with E-state index in [1.807, 2.05) is 19.1 Å². The minimum atomic E-state index is -1.28. The zero-order valence-corrected chi connectivity index (χ0v) is 8.27. The van der Waals surface area contributed by atoms with Crippen LogP contribution in [0.2, 0.25) is 0 Å². The van der Waals surface area contributed by atoms with Crippen LogP contribution in [-0.2, 0) is 9.59 Å². The van der Waals surface area contributed by atoms with Crippen molar-refractivity contribution < 1.29 is 19.8 Å². The number of rotatable bonds is 7. The molecule has 0 bridgehead atoms. The lowest BCUT2D eigenvalue weighted by Crippen LogP contribution is -2.22. The maximum absolute atomic E-state index is 10.5. The predicted molar refractivity (Wildman–Crippen MR) is 52.0 cm³/mol. The molecule has 0 aromatic rings. The number of carbonyl (C=O) groups is 2. The highest BCUT2D eigenvalue weighted by Gasteiger charge is 2.24. The van der Waals surface area contributed by atoms with Crippen LogP contribution in [0.5, 0.6) is 0 Å². The topological polar surface area (TPSA) is 74.6 Å². The monoisotopic (exact) mass is 200 g/mol. The fourth-order valence-electron chi connectivity index (χ4n) is 1.02. The Hall–Kier alpha value is -1.32. The Morgan fingerprint density at radius 1 is 1.14 bits per heavy atom. The van der Waals surface area contributed by atoms with Gasteiger partial charge >= 0.3 is 11.9 Å².